The van der Waals surface area contributed by atoms with Crippen molar-refractivity contribution in [3.8, 4) is 0 Å². The third-order valence-electron chi connectivity index (χ3n) is 1.29. The summed E-state index contributed by atoms with van der Waals surface area (Å²) in [7, 11) is -3.54. The second kappa shape index (κ2) is 4.48. The Kier molecular flexibility index (Phi) is 4.19. The molecule has 0 saturated carbocycles. The highest BCUT2D eigenvalue weighted by Gasteiger charge is 2.37. The smallest absolute Gasteiger partial charge is 0.239 e. The van der Waals surface area contributed by atoms with Gasteiger partial charge in [0.05, 0.1) is 4.90 Å². The molecule has 0 saturated heterocycles. The molecule has 0 aliphatic carbocycles. The minimum Gasteiger partial charge on any atom is -0.262 e. The van der Waals surface area contributed by atoms with Gasteiger partial charge in [-0.3, -0.25) is 4.98 Å². The topological polar surface area (TPSA) is 47.0 Å². The van der Waals surface area contributed by atoms with E-state index in [1.165, 1.54) is 18.5 Å². The quantitative estimate of drug-likeness (QED) is 0.589. The largest absolute Gasteiger partial charge is 0.262 e. The van der Waals surface area contributed by atoms with Crippen LogP contribution >= 0.6 is 63.7 Å². The molecule has 0 atom stereocenters. The summed E-state index contributed by atoms with van der Waals surface area (Å²) in [6.45, 7) is 0. The lowest BCUT2D eigenvalue weighted by molar-refractivity contribution is 0.598. The lowest BCUT2D eigenvalue weighted by atomic mass is 10.5. The maximum absolute atomic E-state index is 11.8. The van der Waals surface area contributed by atoms with E-state index in [-0.39, 0.29) is 4.90 Å². The molecule has 8 heteroatoms. The molecule has 0 unspecified atom stereocenters. The van der Waals surface area contributed by atoms with Gasteiger partial charge >= 0.3 is 0 Å². The predicted molar refractivity (Wildman–Crippen MR) is 68.6 cm³/mol. The van der Waals surface area contributed by atoms with E-state index in [2.05, 4.69) is 68.7 Å². The van der Waals surface area contributed by atoms with E-state index in [0.29, 0.717) is 4.47 Å². The van der Waals surface area contributed by atoms with Gasteiger partial charge in [0.2, 0.25) is 11.3 Å². The number of pyridine rings is 1. The normalized spacial score (nSPS) is 12.9. The molecule has 0 aliphatic heterocycles. The first-order chi connectivity index (χ1) is 6.25. The Bertz CT molecular complexity index is 439. The van der Waals surface area contributed by atoms with E-state index in [9.17, 15) is 8.42 Å². The lowest BCUT2D eigenvalue weighted by Crippen LogP contribution is -2.17. The van der Waals surface area contributed by atoms with Gasteiger partial charge in [0, 0.05) is 16.9 Å². The zero-order chi connectivity index (χ0) is 11.0. The summed E-state index contributed by atoms with van der Waals surface area (Å²) in [5, 5.41) is 0. The molecule has 3 nitrogen and oxygen atoms in total. The molecule has 0 bridgehead atoms. The van der Waals surface area contributed by atoms with Crippen molar-refractivity contribution in [3.05, 3.63) is 22.9 Å². The van der Waals surface area contributed by atoms with E-state index in [0.717, 1.165) is 0 Å². The molecule has 0 N–H and O–H groups in total. The minimum absolute atomic E-state index is 0.109. The van der Waals surface area contributed by atoms with Crippen molar-refractivity contribution in [3.63, 3.8) is 0 Å². The van der Waals surface area contributed by atoms with E-state index in [1.807, 2.05) is 0 Å². The van der Waals surface area contributed by atoms with Crippen molar-refractivity contribution >= 4 is 73.6 Å². The van der Waals surface area contributed by atoms with Crippen LogP contribution in [0.15, 0.2) is 27.8 Å². The zero-order valence-electron chi connectivity index (χ0n) is 6.42. The molecule has 1 heterocycles. The number of hydrogen-bond donors (Lipinski definition) is 0. The van der Waals surface area contributed by atoms with Crippen molar-refractivity contribution in [2.24, 2.45) is 0 Å². The molecule has 14 heavy (non-hydrogen) atoms. The molecule has 78 valence electrons. The maximum atomic E-state index is 11.8. The summed E-state index contributed by atoms with van der Waals surface area (Å²) >= 11 is 12.0. The molecule has 0 spiro atoms. The van der Waals surface area contributed by atoms with E-state index in [1.54, 1.807) is 0 Å². The minimum atomic E-state index is -3.54. The highest BCUT2D eigenvalue weighted by molar-refractivity contribution is 9.42. The first kappa shape index (κ1) is 13.1. The van der Waals surface area contributed by atoms with Crippen LogP contribution in [0.25, 0.3) is 0 Å². The third kappa shape index (κ3) is 2.78. The summed E-state index contributed by atoms with van der Waals surface area (Å²) in [6.07, 6.45) is 2.79. The fourth-order valence-electron chi connectivity index (χ4n) is 0.673. The van der Waals surface area contributed by atoms with E-state index in [4.69, 9.17) is 0 Å². The summed E-state index contributed by atoms with van der Waals surface area (Å²) in [6, 6.07) is 1.47. The number of aromatic nitrogens is 1. The molecule has 0 radical (unpaired) electrons. The van der Waals surface area contributed by atoms with Crippen LogP contribution in [0.4, 0.5) is 0 Å². The number of hydrogen-bond acceptors (Lipinski definition) is 3. The standard InChI is InChI=1S/C6H3Br4NO2S/c7-4-1-5(3-11-2-4)14(12,13)6(8,9)10/h1-3H. The Morgan fingerprint density at radius 1 is 1.21 bits per heavy atom. The number of rotatable bonds is 1. The SMILES string of the molecule is O=S(=O)(c1cncc(Br)c1)C(Br)(Br)Br. The molecule has 0 fully saturated rings. The highest BCUT2D eigenvalue weighted by Crippen LogP contribution is 2.43. The van der Waals surface area contributed by atoms with Crippen LogP contribution in [0.2, 0.25) is 0 Å². The maximum Gasteiger partial charge on any atom is 0.239 e. The van der Waals surface area contributed by atoms with Crippen molar-refractivity contribution < 1.29 is 8.42 Å². The Labute approximate surface area is 115 Å². The third-order valence-corrected chi connectivity index (χ3v) is 7.02. The number of sulfone groups is 1. The fourth-order valence-corrected chi connectivity index (χ4v) is 3.62. The van der Waals surface area contributed by atoms with E-state index >= 15 is 0 Å². The predicted octanol–water partition coefficient (Wildman–Crippen LogP) is 3.41. The average Bonchev–Trinajstić information content (AvgIpc) is 2.02. The van der Waals surface area contributed by atoms with Crippen LogP contribution in [0.3, 0.4) is 0 Å². The van der Waals surface area contributed by atoms with Gasteiger partial charge in [-0.05, 0) is 69.8 Å². The van der Waals surface area contributed by atoms with Gasteiger partial charge in [0.15, 0.2) is 0 Å². The number of halogens is 4. The van der Waals surface area contributed by atoms with Crippen molar-refractivity contribution in [1.29, 1.82) is 0 Å². The Morgan fingerprint density at radius 3 is 2.21 bits per heavy atom. The fraction of sp³-hybridized carbons (Fsp3) is 0.167. The second-order valence-electron chi connectivity index (χ2n) is 2.29. The molecule has 1 aromatic heterocycles. The lowest BCUT2D eigenvalue weighted by Gasteiger charge is -2.12. The van der Waals surface area contributed by atoms with Crippen LogP contribution in [0, 0.1) is 0 Å². The molecule has 1 aromatic rings. The number of nitrogens with zero attached hydrogens (tertiary/aromatic N) is 1. The summed E-state index contributed by atoms with van der Waals surface area (Å²) in [5.74, 6) is 0. The second-order valence-corrected chi connectivity index (χ2v) is 13.6. The first-order valence-electron chi connectivity index (χ1n) is 3.17. The van der Waals surface area contributed by atoms with Gasteiger partial charge in [0.1, 0.15) is 0 Å². The molecule has 0 amide bonds. The molecule has 1 rings (SSSR count). The Hall–Kier alpha value is 1.02. The first-order valence-corrected chi connectivity index (χ1v) is 7.82. The molecule has 0 aromatic carbocycles. The average molecular weight is 473 g/mol. The summed E-state index contributed by atoms with van der Waals surface area (Å²) in [4.78, 5) is 3.88. The van der Waals surface area contributed by atoms with Gasteiger partial charge in [-0.15, -0.1) is 0 Å². The van der Waals surface area contributed by atoms with Gasteiger partial charge < -0.3 is 0 Å². The summed E-state index contributed by atoms with van der Waals surface area (Å²) in [5.41, 5.74) is 0. The van der Waals surface area contributed by atoms with Gasteiger partial charge in [-0.1, -0.05) is 0 Å². The van der Waals surface area contributed by atoms with Crippen molar-refractivity contribution in [2.45, 2.75) is 6.37 Å². The Balaban J connectivity index is 3.32. The van der Waals surface area contributed by atoms with Crippen molar-refractivity contribution in [2.75, 3.05) is 0 Å². The van der Waals surface area contributed by atoms with Gasteiger partial charge in [0.25, 0.3) is 0 Å². The van der Waals surface area contributed by atoms with Gasteiger partial charge in [-0.2, -0.15) is 0 Å². The van der Waals surface area contributed by atoms with Crippen LogP contribution in [0.5, 0.6) is 0 Å². The van der Waals surface area contributed by atoms with Crippen LogP contribution in [-0.2, 0) is 9.84 Å². The summed E-state index contributed by atoms with van der Waals surface area (Å²) < 4.78 is 22.9. The Morgan fingerprint density at radius 2 is 1.79 bits per heavy atom. The molecule has 0 aliphatic rings. The monoisotopic (exact) mass is 469 g/mol. The van der Waals surface area contributed by atoms with Crippen LogP contribution < -0.4 is 0 Å². The van der Waals surface area contributed by atoms with Crippen LogP contribution in [-0.4, -0.2) is 14.9 Å². The van der Waals surface area contributed by atoms with E-state index < -0.39 is 11.3 Å². The zero-order valence-corrected chi connectivity index (χ0v) is 13.6. The highest BCUT2D eigenvalue weighted by atomic mass is 80.0. The van der Waals surface area contributed by atoms with Crippen molar-refractivity contribution in [1.82, 2.24) is 4.98 Å². The molecular weight excluding hydrogens is 470 g/mol. The molecular formula is C6H3Br4NO2S. The number of alkyl halides is 3. The van der Waals surface area contributed by atoms with Crippen LogP contribution in [0.1, 0.15) is 0 Å². The van der Waals surface area contributed by atoms with Gasteiger partial charge in [-0.25, -0.2) is 8.42 Å².